The van der Waals surface area contributed by atoms with Gasteiger partial charge in [0.25, 0.3) is 0 Å². The lowest BCUT2D eigenvalue weighted by Crippen LogP contribution is -2.31. The number of hydrogen-bond acceptors (Lipinski definition) is 3. The van der Waals surface area contributed by atoms with Crippen LogP contribution < -0.4 is 11.2 Å². The summed E-state index contributed by atoms with van der Waals surface area (Å²) in [5.41, 5.74) is 9.41. The van der Waals surface area contributed by atoms with Gasteiger partial charge < -0.3 is 5.73 Å². The number of nitrogens with one attached hydrogen (secondary N) is 1. The summed E-state index contributed by atoms with van der Waals surface area (Å²) in [6, 6.07) is 0. The zero-order valence-corrected chi connectivity index (χ0v) is 9.60. The average Bonchev–Trinajstić information content (AvgIpc) is 1.99. The van der Waals surface area contributed by atoms with E-state index in [1.165, 1.54) is 5.75 Å². The number of thioether (sulfide) groups is 1. The van der Waals surface area contributed by atoms with Crippen LogP contribution in [0, 0.1) is 5.41 Å². The summed E-state index contributed by atoms with van der Waals surface area (Å²) in [6.45, 7) is 4.49. The molecule has 0 saturated carbocycles. The van der Waals surface area contributed by atoms with E-state index in [9.17, 15) is 0 Å². The molecule has 3 nitrogen and oxygen atoms in total. The third-order valence-electron chi connectivity index (χ3n) is 1.77. The highest BCUT2D eigenvalue weighted by molar-refractivity contribution is 8.00. The molecule has 13 heavy (non-hydrogen) atoms. The quantitative estimate of drug-likeness (QED) is 0.514. The Hall–Kier alpha value is -0.290. The molecule has 0 aliphatic carbocycles. The summed E-state index contributed by atoms with van der Waals surface area (Å²) < 4.78 is 0. The average molecular weight is 217 g/mol. The van der Waals surface area contributed by atoms with E-state index in [2.05, 4.69) is 36.6 Å². The molecule has 1 saturated heterocycles. The first-order valence-electron chi connectivity index (χ1n) is 4.18. The van der Waals surface area contributed by atoms with Gasteiger partial charge in [0, 0.05) is 11.5 Å². The highest BCUT2D eigenvalue weighted by Gasteiger charge is 2.25. The van der Waals surface area contributed by atoms with E-state index in [0.717, 1.165) is 17.9 Å². The fourth-order valence-electron chi connectivity index (χ4n) is 1.31. The van der Waals surface area contributed by atoms with Gasteiger partial charge in [-0.1, -0.05) is 13.8 Å². The van der Waals surface area contributed by atoms with E-state index >= 15 is 0 Å². The van der Waals surface area contributed by atoms with E-state index in [-0.39, 0.29) is 5.11 Å². The Bertz CT molecular complexity index is 236. The predicted molar refractivity (Wildman–Crippen MR) is 63.1 cm³/mol. The SMILES string of the molecule is CC1(C)CSCC(=NNC(N)=S)C1. The fourth-order valence-corrected chi connectivity index (χ4v) is 2.51. The third kappa shape index (κ3) is 3.95. The van der Waals surface area contributed by atoms with Crippen LogP contribution in [0.4, 0.5) is 0 Å². The number of rotatable bonds is 1. The predicted octanol–water partition coefficient (Wildman–Crippen LogP) is 1.34. The Balaban J connectivity index is 2.51. The molecule has 1 rings (SSSR count). The van der Waals surface area contributed by atoms with Gasteiger partial charge in [-0.2, -0.15) is 16.9 Å². The lowest BCUT2D eigenvalue weighted by Gasteiger charge is -2.29. The number of thiocarbonyl (C=S) groups is 1. The molecular weight excluding hydrogens is 202 g/mol. The summed E-state index contributed by atoms with van der Waals surface area (Å²) in [6.07, 6.45) is 1.02. The molecule has 1 fully saturated rings. The van der Waals surface area contributed by atoms with Gasteiger partial charge in [0.1, 0.15) is 0 Å². The normalized spacial score (nSPS) is 24.3. The first kappa shape index (κ1) is 10.8. The Morgan fingerprint density at radius 3 is 2.92 bits per heavy atom. The van der Waals surface area contributed by atoms with Crippen LogP contribution in [0.25, 0.3) is 0 Å². The second-order valence-corrected chi connectivity index (χ2v) is 5.41. The highest BCUT2D eigenvalue weighted by atomic mass is 32.2. The van der Waals surface area contributed by atoms with Crippen LogP contribution in [-0.2, 0) is 0 Å². The van der Waals surface area contributed by atoms with Gasteiger partial charge in [-0.05, 0) is 29.8 Å². The first-order valence-corrected chi connectivity index (χ1v) is 5.74. The third-order valence-corrected chi connectivity index (χ3v) is 3.38. The minimum Gasteiger partial charge on any atom is -0.375 e. The molecule has 3 N–H and O–H groups in total. The van der Waals surface area contributed by atoms with Crippen LogP contribution in [0.2, 0.25) is 0 Å². The van der Waals surface area contributed by atoms with E-state index in [1.54, 1.807) is 0 Å². The van der Waals surface area contributed by atoms with Gasteiger partial charge in [0.2, 0.25) is 0 Å². The van der Waals surface area contributed by atoms with Crippen molar-refractivity contribution in [2.75, 3.05) is 11.5 Å². The van der Waals surface area contributed by atoms with Crippen molar-refractivity contribution in [3.05, 3.63) is 0 Å². The number of hydrogen-bond donors (Lipinski definition) is 2. The molecular formula is C8H15N3S2. The van der Waals surface area contributed by atoms with Crippen LogP contribution >= 0.6 is 24.0 Å². The van der Waals surface area contributed by atoms with E-state index in [4.69, 9.17) is 5.73 Å². The molecule has 0 amide bonds. The van der Waals surface area contributed by atoms with Crippen molar-refractivity contribution in [2.45, 2.75) is 20.3 Å². The molecule has 1 heterocycles. The van der Waals surface area contributed by atoms with Crippen LogP contribution in [0.15, 0.2) is 5.10 Å². The molecule has 0 aromatic rings. The van der Waals surface area contributed by atoms with Crippen LogP contribution in [0.3, 0.4) is 0 Å². The van der Waals surface area contributed by atoms with Gasteiger partial charge in [0.15, 0.2) is 5.11 Å². The summed E-state index contributed by atoms with van der Waals surface area (Å²) in [5.74, 6) is 2.18. The number of hydrazone groups is 1. The van der Waals surface area contributed by atoms with Crippen molar-refractivity contribution in [1.29, 1.82) is 0 Å². The molecule has 1 aliphatic heterocycles. The lowest BCUT2D eigenvalue weighted by atomic mass is 9.89. The molecule has 0 atom stereocenters. The molecule has 0 aromatic heterocycles. The Labute approximate surface area is 88.5 Å². The number of nitrogens with two attached hydrogens (primary N) is 1. The summed E-state index contributed by atoms with van der Waals surface area (Å²) >= 11 is 6.58. The smallest absolute Gasteiger partial charge is 0.184 e. The number of nitrogens with zero attached hydrogens (tertiary/aromatic N) is 1. The maximum absolute atomic E-state index is 5.28. The second kappa shape index (κ2) is 4.28. The van der Waals surface area contributed by atoms with E-state index in [0.29, 0.717) is 5.41 Å². The molecule has 0 spiro atoms. The maximum atomic E-state index is 5.28. The maximum Gasteiger partial charge on any atom is 0.184 e. The molecule has 0 bridgehead atoms. The van der Waals surface area contributed by atoms with Gasteiger partial charge in [-0.3, -0.25) is 5.43 Å². The molecule has 0 radical (unpaired) electrons. The minimum absolute atomic E-state index is 0.237. The van der Waals surface area contributed by atoms with Crippen LogP contribution in [0.5, 0.6) is 0 Å². The minimum atomic E-state index is 0.237. The van der Waals surface area contributed by atoms with Crippen molar-refractivity contribution < 1.29 is 0 Å². The van der Waals surface area contributed by atoms with Gasteiger partial charge in [0.05, 0.1) is 0 Å². The standard InChI is InChI=1S/C8H15N3S2/c1-8(2)3-6(4-13-5-8)10-11-7(9)12/h3-5H2,1-2H3,(H3,9,11,12). The van der Waals surface area contributed by atoms with Crippen molar-refractivity contribution in [3.63, 3.8) is 0 Å². The topological polar surface area (TPSA) is 50.4 Å². The van der Waals surface area contributed by atoms with Crippen molar-refractivity contribution in [3.8, 4) is 0 Å². The van der Waals surface area contributed by atoms with Gasteiger partial charge in [-0.15, -0.1) is 0 Å². The first-order chi connectivity index (χ1) is 5.99. The van der Waals surface area contributed by atoms with Gasteiger partial charge >= 0.3 is 0 Å². The van der Waals surface area contributed by atoms with Gasteiger partial charge in [-0.25, -0.2) is 0 Å². The largest absolute Gasteiger partial charge is 0.375 e. The Morgan fingerprint density at radius 1 is 1.69 bits per heavy atom. The molecule has 0 aromatic carbocycles. The highest BCUT2D eigenvalue weighted by Crippen LogP contribution is 2.31. The molecule has 0 unspecified atom stereocenters. The van der Waals surface area contributed by atoms with Crippen molar-refractivity contribution >= 4 is 34.8 Å². The Morgan fingerprint density at radius 2 is 2.38 bits per heavy atom. The zero-order valence-electron chi connectivity index (χ0n) is 7.96. The molecule has 74 valence electrons. The monoisotopic (exact) mass is 217 g/mol. The Kier molecular flexibility index (Phi) is 3.55. The van der Waals surface area contributed by atoms with E-state index in [1.807, 2.05) is 11.8 Å². The zero-order chi connectivity index (χ0) is 9.90. The fraction of sp³-hybridized carbons (Fsp3) is 0.750. The molecule has 5 heteroatoms. The second-order valence-electron chi connectivity index (χ2n) is 3.99. The van der Waals surface area contributed by atoms with Crippen molar-refractivity contribution in [2.24, 2.45) is 16.3 Å². The summed E-state index contributed by atoms with van der Waals surface area (Å²) in [4.78, 5) is 0. The van der Waals surface area contributed by atoms with Crippen LogP contribution in [0.1, 0.15) is 20.3 Å². The van der Waals surface area contributed by atoms with Crippen molar-refractivity contribution in [1.82, 2.24) is 5.43 Å². The van der Waals surface area contributed by atoms with Crippen LogP contribution in [-0.4, -0.2) is 22.3 Å². The lowest BCUT2D eigenvalue weighted by molar-refractivity contribution is 0.439. The molecule has 1 aliphatic rings. The van der Waals surface area contributed by atoms with E-state index < -0.39 is 0 Å². The summed E-state index contributed by atoms with van der Waals surface area (Å²) in [7, 11) is 0. The summed E-state index contributed by atoms with van der Waals surface area (Å²) in [5, 5.41) is 4.39.